The van der Waals surface area contributed by atoms with Gasteiger partial charge in [0.25, 0.3) is 0 Å². The largest absolute Gasteiger partial charge is 0.519 e. The van der Waals surface area contributed by atoms with Gasteiger partial charge in [0, 0.05) is 0 Å². The third kappa shape index (κ3) is 2.33. The smallest absolute Gasteiger partial charge is 0.456 e. The first-order chi connectivity index (χ1) is 7.66. The number of hydrogen-bond acceptors (Lipinski definition) is 6. The summed E-state index contributed by atoms with van der Waals surface area (Å²) < 4.78 is 14.4. The van der Waals surface area contributed by atoms with Crippen molar-refractivity contribution in [2.45, 2.75) is 32.4 Å². The SMILES string of the molecule is Cc1oc(=O)oc1COC(=O)C1CCCN1. The van der Waals surface area contributed by atoms with Gasteiger partial charge in [-0.3, -0.25) is 4.79 Å². The Hall–Kier alpha value is -1.56. The van der Waals surface area contributed by atoms with Crippen LogP contribution >= 0.6 is 0 Å². The van der Waals surface area contributed by atoms with Gasteiger partial charge in [-0.05, 0) is 26.3 Å². The van der Waals surface area contributed by atoms with Crippen LogP contribution in [0.5, 0.6) is 0 Å². The number of aryl methyl sites for hydroxylation is 1. The zero-order valence-electron chi connectivity index (χ0n) is 8.95. The highest BCUT2D eigenvalue weighted by Crippen LogP contribution is 2.10. The van der Waals surface area contributed by atoms with Crippen molar-refractivity contribution in [3.63, 3.8) is 0 Å². The van der Waals surface area contributed by atoms with E-state index in [1.807, 2.05) is 0 Å². The molecule has 0 saturated carbocycles. The fraction of sp³-hybridized carbons (Fsp3) is 0.600. The minimum Gasteiger partial charge on any atom is -0.456 e. The number of esters is 1. The number of hydrogen-bond donors (Lipinski definition) is 1. The van der Waals surface area contributed by atoms with E-state index in [0.717, 1.165) is 19.4 Å². The second-order valence-electron chi connectivity index (χ2n) is 3.69. The summed E-state index contributed by atoms with van der Waals surface area (Å²) in [6.45, 7) is 2.36. The molecule has 1 aromatic rings. The molecule has 0 amide bonds. The van der Waals surface area contributed by atoms with Gasteiger partial charge in [-0.25, -0.2) is 4.79 Å². The summed E-state index contributed by atoms with van der Waals surface area (Å²) in [6, 6.07) is -0.237. The summed E-state index contributed by atoms with van der Waals surface area (Å²) in [7, 11) is 0. The van der Waals surface area contributed by atoms with Gasteiger partial charge in [0.1, 0.15) is 6.04 Å². The van der Waals surface area contributed by atoms with E-state index in [9.17, 15) is 9.59 Å². The molecule has 2 heterocycles. The molecule has 0 radical (unpaired) electrons. The molecule has 0 aromatic carbocycles. The maximum Gasteiger partial charge on any atom is 0.519 e. The third-order valence-electron chi connectivity index (χ3n) is 2.53. The Morgan fingerprint density at radius 2 is 2.38 bits per heavy atom. The number of nitrogens with one attached hydrogen (secondary N) is 1. The van der Waals surface area contributed by atoms with Gasteiger partial charge in [-0.2, -0.15) is 0 Å². The van der Waals surface area contributed by atoms with Gasteiger partial charge in [0.2, 0.25) is 0 Å². The van der Waals surface area contributed by atoms with E-state index < -0.39 is 5.82 Å². The van der Waals surface area contributed by atoms with E-state index in [1.54, 1.807) is 6.92 Å². The van der Waals surface area contributed by atoms with Crippen molar-refractivity contribution in [2.75, 3.05) is 6.54 Å². The number of carbonyl (C=O) groups is 1. The lowest BCUT2D eigenvalue weighted by Gasteiger charge is -2.08. The Labute approximate surface area is 91.6 Å². The lowest BCUT2D eigenvalue weighted by Crippen LogP contribution is -2.32. The average molecular weight is 227 g/mol. The van der Waals surface area contributed by atoms with Crippen molar-refractivity contribution in [3.8, 4) is 0 Å². The van der Waals surface area contributed by atoms with Gasteiger partial charge in [-0.15, -0.1) is 0 Å². The lowest BCUT2D eigenvalue weighted by atomic mass is 10.2. The first-order valence-corrected chi connectivity index (χ1v) is 5.16. The Morgan fingerprint density at radius 1 is 1.56 bits per heavy atom. The van der Waals surface area contributed by atoms with Crippen LogP contribution in [0.1, 0.15) is 24.4 Å². The highest BCUT2D eigenvalue weighted by molar-refractivity contribution is 5.76. The molecule has 1 aromatic heterocycles. The van der Waals surface area contributed by atoms with Crippen LogP contribution in [-0.4, -0.2) is 18.6 Å². The van der Waals surface area contributed by atoms with Crippen LogP contribution in [0.3, 0.4) is 0 Å². The van der Waals surface area contributed by atoms with Gasteiger partial charge >= 0.3 is 11.8 Å². The predicted molar refractivity (Wildman–Crippen MR) is 52.8 cm³/mol. The zero-order valence-corrected chi connectivity index (χ0v) is 8.95. The number of carbonyl (C=O) groups excluding carboxylic acids is 1. The summed E-state index contributed by atoms with van der Waals surface area (Å²) in [5.74, 6) is -0.489. The maximum absolute atomic E-state index is 11.5. The third-order valence-corrected chi connectivity index (χ3v) is 2.53. The predicted octanol–water partition coefficient (Wildman–Crippen LogP) is 0.336. The van der Waals surface area contributed by atoms with E-state index in [2.05, 4.69) is 9.73 Å². The Balaban J connectivity index is 1.89. The summed E-state index contributed by atoms with van der Waals surface area (Å²) in [5, 5.41) is 3.02. The molecule has 1 aliphatic rings. The molecule has 1 N–H and O–H groups in total. The van der Waals surface area contributed by atoms with E-state index in [1.165, 1.54) is 0 Å². The van der Waals surface area contributed by atoms with E-state index in [0.29, 0.717) is 5.76 Å². The zero-order chi connectivity index (χ0) is 11.5. The molecule has 6 heteroatoms. The maximum atomic E-state index is 11.5. The number of ether oxygens (including phenoxy) is 1. The van der Waals surface area contributed by atoms with E-state index in [-0.39, 0.29) is 24.4 Å². The molecule has 1 aliphatic heterocycles. The molecule has 6 nitrogen and oxygen atoms in total. The normalized spacial score (nSPS) is 19.9. The molecule has 1 saturated heterocycles. The lowest BCUT2D eigenvalue weighted by molar-refractivity contribution is -0.147. The molecule has 0 spiro atoms. The van der Waals surface area contributed by atoms with Crippen LogP contribution in [0.15, 0.2) is 13.6 Å². The Kier molecular flexibility index (Phi) is 3.09. The molecule has 1 atom stereocenters. The summed E-state index contributed by atoms with van der Waals surface area (Å²) >= 11 is 0. The summed E-state index contributed by atoms with van der Waals surface area (Å²) in [5.41, 5.74) is 0. The number of rotatable bonds is 3. The molecular weight excluding hydrogens is 214 g/mol. The molecule has 88 valence electrons. The molecule has 2 rings (SSSR count). The van der Waals surface area contributed by atoms with Crippen molar-refractivity contribution in [3.05, 3.63) is 22.1 Å². The Morgan fingerprint density at radius 3 is 2.94 bits per heavy atom. The average Bonchev–Trinajstić information content (AvgIpc) is 2.84. The molecule has 0 bridgehead atoms. The van der Waals surface area contributed by atoms with Crippen molar-refractivity contribution in [1.29, 1.82) is 0 Å². The fourth-order valence-corrected chi connectivity index (χ4v) is 1.63. The summed E-state index contributed by atoms with van der Waals surface area (Å²) in [6.07, 6.45) is 1.76. The van der Waals surface area contributed by atoms with Gasteiger partial charge in [-0.1, -0.05) is 0 Å². The van der Waals surface area contributed by atoms with E-state index in [4.69, 9.17) is 9.15 Å². The van der Waals surface area contributed by atoms with Gasteiger partial charge in [0.05, 0.1) is 0 Å². The topological polar surface area (TPSA) is 81.7 Å². The van der Waals surface area contributed by atoms with Crippen molar-refractivity contribution in [2.24, 2.45) is 0 Å². The molecule has 1 fully saturated rings. The van der Waals surface area contributed by atoms with Crippen LogP contribution in [0.2, 0.25) is 0 Å². The van der Waals surface area contributed by atoms with Crippen LogP contribution in [0, 0.1) is 6.92 Å². The quantitative estimate of drug-likeness (QED) is 0.750. The van der Waals surface area contributed by atoms with Crippen LogP contribution < -0.4 is 11.1 Å². The highest BCUT2D eigenvalue weighted by Gasteiger charge is 2.24. The van der Waals surface area contributed by atoms with Crippen LogP contribution in [0.4, 0.5) is 0 Å². The van der Waals surface area contributed by atoms with Gasteiger partial charge < -0.3 is 18.9 Å². The fourth-order valence-electron chi connectivity index (χ4n) is 1.63. The van der Waals surface area contributed by atoms with Crippen molar-refractivity contribution >= 4 is 5.97 Å². The molecule has 1 unspecified atom stereocenters. The molecule has 0 aliphatic carbocycles. The minimum atomic E-state index is -0.775. The Bertz CT molecular complexity index is 427. The summed E-state index contributed by atoms with van der Waals surface area (Å²) in [4.78, 5) is 22.2. The first kappa shape index (κ1) is 10.9. The first-order valence-electron chi connectivity index (χ1n) is 5.16. The van der Waals surface area contributed by atoms with Crippen LogP contribution in [-0.2, 0) is 16.1 Å². The minimum absolute atomic E-state index is 0.0609. The second kappa shape index (κ2) is 4.52. The standard InChI is InChI=1S/C10H13NO5/c1-6-8(16-10(13)15-6)5-14-9(12)7-3-2-4-11-7/h7,11H,2-5H2,1H3. The van der Waals surface area contributed by atoms with Crippen molar-refractivity contribution < 1.29 is 18.4 Å². The highest BCUT2D eigenvalue weighted by atomic mass is 16.6. The van der Waals surface area contributed by atoms with E-state index >= 15 is 0 Å². The molecular formula is C10H13NO5. The second-order valence-corrected chi connectivity index (χ2v) is 3.69. The van der Waals surface area contributed by atoms with Crippen LogP contribution in [0.25, 0.3) is 0 Å². The van der Waals surface area contributed by atoms with Crippen molar-refractivity contribution in [1.82, 2.24) is 5.32 Å². The van der Waals surface area contributed by atoms with Gasteiger partial charge in [0.15, 0.2) is 18.1 Å². The molecule has 16 heavy (non-hydrogen) atoms. The monoisotopic (exact) mass is 227 g/mol.